The van der Waals surface area contributed by atoms with Crippen LogP contribution >= 0.6 is 0 Å². The fourth-order valence-electron chi connectivity index (χ4n) is 3.70. The summed E-state index contributed by atoms with van der Waals surface area (Å²) >= 11 is 0. The van der Waals surface area contributed by atoms with Gasteiger partial charge in [-0.05, 0) is 43.1 Å². The monoisotopic (exact) mass is 386 g/mol. The molecule has 2 aromatic rings. The third-order valence-corrected chi connectivity index (χ3v) is 5.22. The number of ketones is 1. The van der Waals surface area contributed by atoms with Crippen LogP contribution in [-0.2, 0) is 23.9 Å². The number of benzene rings is 2. The lowest BCUT2D eigenvalue weighted by Crippen LogP contribution is -2.36. The maximum absolute atomic E-state index is 13.1. The average molecular weight is 386 g/mol. The molecular weight excluding hydrogens is 365 g/mol. The highest BCUT2D eigenvalue weighted by molar-refractivity contribution is 5.84. The topological polar surface area (TPSA) is 44.1 Å². The molecule has 2 aromatic carbocycles. The number of carbonyl (C=O) groups excluding carboxylic acids is 1. The van der Waals surface area contributed by atoms with Crippen molar-refractivity contribution in [1.29, 1.82) is 5.26 Å². The van der Waals surface area contributed by atoms with E-state index >= 15 is 0 Å². The molecule has 0 spiro atoms. The van der Waals surface area contributed by atoms with Crippen molar-refractivity contribution >= 4 is 5.78 Å². The van der Waals surface area contributed by atoms with Gasteiger partial charge in [-0.3, -0.25) is 9.69 Å². The Bertz CT molecular complexity index is 864. The molecule has 0 N–H and O–H groups in total. The fraction of sp³-hybridized carbons (Fsp3) is 0.364. The molecule has 0 unspecified atom stereocenters. The van der Waals surface area contributed by atoms with E-state index in [1.165, 1.54) is 17.7 Å². The molecular formula is C22H21F3N2O. The van der Waals surface area contributed by atoms with Crippen LogP contribution < -0.4 is 0 Å². The van der Waals surface area contributed by atoms with Crippen LogP contribution in [0.5, 0.6) is 0 Å². The maximum Gasteiger partial charge on any atom is 0.417 e. The highest BCUT2D eigenvalue weighted by Gasteiger charge is 2.35. The van der Waals surface area contributed by atoms with Crippen molar-refractivity contribution in [2.24, 2.45) is 5.92 Å². The van der Waals surface area contributed by atoms with Crippen LogP contribution in [0.4, 0.5) is 13.2 Å². The smallest absolute Gasteiger partial charge is 0.299 e. The number of carbonyl (C=O) groups is 1. The number of piperidine rings is 1. The first-order chi connectivity index (χ1) is 13.4. The Morgan fingerprint density at radius 3 is 2.36 bits per heavy atom. The van der Waals surface area contributed by atoms with E-state index in [0.717, 1.165) is 25.7 Å². The Kier molecular flexibility index (Phi) is 6.15. The van der Waals surface area contributed by atoms with Gasteiger partial charge in [-0.2, -0.15) is 18.4 Å². The average Bonchev–Trinajstić information content (AvgIpc) is 2.68. The minimum absolute atomic E-state index is 0.0878. The van der Waals surface area contributed by atoms with Crippen molar-refractivity contribution in [1.82, 2.24) is 4.90 Å². The minimum atomic E-state index is -4.60. The zero-order valence-corrected chi connectivity index (χ0v) is 15.4. The molecule has 0 saturated carbocycles. The number of hydrogen-bond acceptors (Lipinski definition) is 3. The van der Waals surface area contributed by atoms with Crippen LogP contribution in [0.25, 0.3) is 0 Å². The number of halogens is 3. The molecule has 3 rings (SSSR count). The van der Waals surface area contributed by atoms with E-state index in [0.29, 0.717) is 12.8 Å². The Balaban J connectivity index is 1.62. The summed E-state index contributed by atoms with van der Waals surface area (Å²) in [6.45, 7) is 2.38. The van der Waals surface area contributed by atoms with Gasteiger partial charge in [-0.1, -0.05) is 42.5 Å². The Morgan fingerprint density at radius 2 is 1.75 bits per heavy atom. The lowest BCUT2D eigenvalue weighted by molar-refractivity contribution is -0.138. The van der Waals surface area contributed by atoms with E-state index in [-0.39, 0.29) is 23.7 Å². The number of hydrogen-bond donors (Lipinski definition) is 0. The van der Waals surface area contributed by atoms with Crippen LogP contribution in [0.3, 0.4) is 0 Å². The predicted octanol–water partition coefficient (Wildman–Crippen LogP) is 4.60. The van der Waals surface area contributed by atoms with E-state index in [4.69, 9.17) is 0 Å². The lowest BCUT2D eigenvalue weighted by Gasteiger charge is -2.31. The highest BCUT2D eigenvalue weighted by atomic mass is 19.4. The molecule has 1 aliphatic heterocycles. The van der Waals surface area contributed by atoms with Gasteiger partial charge in [0, 0.05) is 18.9 Å². The van der Waals surface area contributed by atoms with E-state index in [9.17, 15) is 23.2 Å². The number of nitrogens with zero attached hydrogens (tertiary/aromatic N) is 2. The van der Waals surface area contributed by atoms with Crippen molar-refractivity contribution in [2.45, 2.75) is 32.0 Å². The number of rotatable bonds is 5. The van der Waals surface area contributed by atoms with Gasteiger partial charge in [-0.25, -0.2) is 0 Å². The van der Waals surface area contributed by atoms with Crippen LogP contribution in [0.1, 0.15) is 35.1 Å². The molecule has 0 aromatic heterocycles. The second kappa shape index (κ2) is 8.57. The summed E-state index contributed by atoms with van der Waals surface area (Å²) in [6, 6.07) is 15.3. The first-order valence-electron chi connectivity index (χ1n) is 9.26. The van der Waals surface area contributed by atoms with Gasteiger partial charge in [0.1, 0.15) is 11.9 Å². The molecule has 28 heavy (non-hydrogen) atoms. The van der Waals surface area contributed by atoms with Crippen LogP contribution in [0.15, 0.2) is 48.5 Å². The molecule has 6 heteroatoms. The zero-order valence-electron chi connectivity index (χ0n) is 15.4. The van der Waals surface area contributed by atoms with E-state index < -0.39 is 17.3 Å². The summed E-state index contributed by atoms with van der Waals surface area (Å²) in [4.78, 5) is 14.9. The maximum atomic E-state index is 13.1. The Labute approximate surface area is 162 Å². The molecule has 0 atom stereocenters. The Hall–Kier alpha value is -2.65. The summed E-state index contributed by atoms with van der Waals surface area (Å²) < 4.78 is 39.3. The lowest BCUT2D eigenvalue weighted by atomic mass is 9.87. The third kappa shape index (κ3) is 4.79. The first kappa shape index (κ1) is 20.1. The predicted molar refractivity (Wildman–Crippen MR) is 99.3 cm³/mol. The van der Waals surface area contributed by atoms with Crippen molar-refractivity contribution in [3.8, 4) is 6.07 Å². The number of alkyl halides is 3. The largest absolute Gasteiger partial charge is 0.417 e. The van der Waals surface area contributed by atoms with Gasteiger partial charge in [0.05, 0.1) is 11.1 Å². The van der Waals surface area contributed by atoms with E-state index in [1.807, 2.05) is 18.2 Å². The molecule has 3 nitrogen and oxygen atoms in total. The molecule has 1 heterocycles. The molecule has 0 aliphatic carbocycles. The summed E-state index contributed by atoms with van der Waals surface area (Å²) in [7, 11) is 0. The molecule has 0 radical (unpaired) electrons. The van der Waals surface area contributed by atoms with Crippen LogP contribution in [-0.4, -0.2) is 23.8 Å². The van der Waals surface area contributed by atoms with E-state index in [2.05, 4.69) is 17.0 Å². The summed E-state index contributed by atoms with van der Waals surface area (Å²) in [5.74, 6) is -0.261. The fourth-order valence-corrected chi connectivity index (χ4v) is 3.70. The second-order valence-electron chi connectivity index (χ2n) is 7.13. The number of Topliss-reactive ketones (excluding diaryl/α,β-unsaturated/α-hetero) is 1. The van der Waals surface area contributed by atoms with Crippen molar-refractivity contribution in [3.05, 3.63) is 70.8 Å². The van der Waals surface area contributed by atoms with Crippen molar-refractivity contribution < 1.29 is 18.0 Å². The molecule has 1 aliphatic rings. The summed E-state index contributed by atoms with van der Waals surface area (Å²) in [5, 5.41) is 9.19. The molecule has 0 bridgehead atoms. The molecule has 0 amide bonds. The van der Waals surface area contributed by atoms with Gasteiger partial charge < -0.3 is 0 Å². The van der Waals surface area contributed by atoms with E-state index in [1.54, 1.807) is 6.07 Å². The molecule has 1 fully saturated rings. The SMILES string of the molecule is N#Cc1c(CC(=O)C2CCN(Cc3ccccc3)CC2)cccc1C(F)(F)F. The number of nitriles is 1. The zero-order chi connectivity index (χ0) is 20.1. The highest BCUT2D eigenvalue weighted by Crippen LogP contribution is 2.33. The second-order valence-corrected chi connectivity index (χ2v) is 7.13. The number of likely N-dealkylation sites (tertiary alicyclic amines) is 1. The van der Waals surface area contributed by atoms with Gasteiger partial charge in [0.25, 0.3) is 0 Å². The van der Waals surface area contributed by atoms with Crippen LogP contribution in [0.2, 0.25) is 0 Å². The molecule has 1 saturated heterocycles. The first-order valence-corrected chi connectivity index (χ1v) is 9.26. The van der Waals surface area contributed by atoms with Gasteiger partial charge in [-0.15, -0.1) is 0 Å². The Morgan fingerprint density at radius 1 is 1.07 bits per heavy atom. The van der Waals surface area contributed by atoms with Gasteiger partial charge in [0.2, 0.25) is 0 Å². The standard InChI is InChI=1S/C22H21F3N2O/c23-22(24,25)20-8-4-7-18(19(20)14-26)13-21(28)17-9-11-27(12-10-17)15-16-5-2-1-3-6-16/h1-8,17H,9-13,15H2. The summed E-state index contributed by atoms with van der Waals surface area (Å²) in [5.41, 5.74) is -0.0354. The van der Waals surface area contributed by atoms with Crippen molar-refractivity contribution in [3.63, 3.8) is 0 Å². The van der Waals surface area contributed by atoms with Crippen LogP contribution in [0, 0.1) is 17.2 Å². The third-order valence-electron chi connectivity index (χ3n) is 5.22. The minimum Gasteiger partial charge on any atom is -0.299 e. The quantitative estimate of drug-likeness (QED) is 0.754. The van der Waals surface area contributed by atoms with Gasteiger partial charge >= 0.3 is 6.18 Å². The normalized spacial score (nSPS) is 15.9. The molecule has 146 valence electrons. The van der Waals surface area contributed by atoms with Crippen molar-refractivity contribution in [2.75, 3.05) is 13.1 Å². The van der Waals surface area contributed by atoms with Gasteiger partial charge in [0.15, 0.2) is 0 Å². The summed E-state index contributed by atoms with van der Waals surface area (Å²) in [6.07, 6.45) is -3.36.